The summed E-state index contributed by atoms with van der Waals surface area (Å²) in [5.74, 6) is 0. The van der Waals surface area contributed by atoms with Crippen LogP contribution >= 0.6 is 0 Å². The number of anilines is 1. The Hall–Kier alpha value is -1.75. The largest absolute Gasteiger partial charge is 0.368 e. The highest BCUT2D eigenvalue weighted by molar-refractivity contribution is 5.74. The van der Waals surface area contributed by atoms with Gasteiger partial charge in [0, 0.05) is 50.5 Å². The maximum Gasteiger partial charge on any atom is 0.317 e. The Morgan fingerprint density at radius 1 is 1.20 bits per heavy atom. The lowest BCUT2D eigenvalue weighted by atomic mass is 10.2. The lowest BCUT2D eigenvalue weighted by molar-refractivity contribution is 0.177. The molecule has 2 amide bonds. The molecule has 138 valence electrons. The minimum atomic E-state index is 0.0968. The standard InChI is InChI=1S/C20H32N4O/c1-16(2)24-9-5-8-19(24)15-21-20(25)23-12-10-22(11-13-23)18-7-4-6-17(3)14-18/h4,6-7,14,16,19H,5,8-13,15H2,1-3H3,(H,21,25)/t19-/m1/s1. The van der Waals surface area contributed by atoms with E-state index in [2.05, 4.69) is 60.2 Å². The zero-order valence-electron chi connectivity index (χ0n) is 15.9. The number of hydrogen-bond acceptors (Lipinski definition) is 3. The van der Waals surface area contributed by atoms with E-state index in [1.807, 2.05) is 4.90 Å². The van der Waals surface area contributed by atoms with Crippen LogP contribution in [0.5, 0.6) is 0 Å². The summed E-state index contributed by atoms with van der Waals surface area (Å²) in [5.41, 5.74) is 2.54. The predicted octanol–water partition coefficient (Wildman–Crippen LogP) is 2.70. The van der Waals surface area contributed by atoms with E-state index in [1.165, 1.54) is 24.1 Å². The van der Waals surface area contributed by atoms with Crippen LogP contribution in [0.3, 0.4) is 0 Å². The van der Waals surface area contributed by atoms with Gasteiger partial charge in [-0.2, -0.15) is 0 Å². The number of carbonyl (C=O) groups excluding carboxylic acids is 1. The van der Waals surface area contributed by atoms with Crippen LogP contribution < -0.4 is 10.2 Å². The summed E-state index contributed by atoms with van der Waals surface area (Å²) >= 11 is 0. The van der Waals surface area contributed by atoms with E-state index in [0.717, 1.165) is 39.3 Å². The maximum atomic E-state index is 12.5. The SMILES string of the molecule is Cc1cccc(N2CCN(C(=O)NC[C@H]3CCCN3C(C)C)CC2)c1. The third-order valence-corrected chi connectivity index (χ3v) is 5.51. The van der Waals surface area contributed by atoms with Crippen molar-refractivity contribution in [1.29, 1.82) is 0 Å². The van der Waals surface area contributed by atoms with E-state index >= 15 is 0 Å². The molecule has 25 heavy (non-hydrogen) atoms. The molecule has 2 heterocycles. The quantitative estimate of drug-likeness (QED) is 0.913. The van der Waals surface area contributed by atoms with Crippen molar-refractivity contribution in [1.82, 2.24) is 15.1 Å². The first-order valence-electron chi connectivity index (χ1n) is 9.64. The van der Waals surface area contributed by atoms with Crippen molar-refractivity contribution in [3.63, 3.8) is 0 Å². The normalized spacial score (nSPS) is 21.8. The van der Waals surface area contributed by atoms with Gasteiger partial charge in [0.1, 0.15) is 0 Å². The minimum absolute atomic E-state index is 0.0968. The number of benzene rings is 1. The summed E-state index contributed by atoms with van der Waals surface area (Å²) in [7, 11) is 0. The Morgan fingerprint density at radius 2 is 1.96 bits per heavy atom. The Morgan fingerprint density at radius 3 is 2.64 bits per heavy atom. The van der Waals surface area contributed by atoms with Gasteiger partial charge in [0.15, 0.2) is 0 Å². The monoisotopic (exact) mass is 344 g/mol. The highest BCUT2D eigenvalue weighted by Gasteiger charge is 2.28. The third kappa shape index (κ3) is 4.46. The minimum Gasteiger partial charge on any atom is -0.368 e. The zero-order valence-corrected chi connectivity index (χ0v) is 15.9. The van der Waals surface area contributed by atoms with Crippen LogP contribution in [0.4, 0.5) is 10.5 Å². The van der Waals surface area contributed by atoms with Crippen molar-refractivity contribution in [3.05, 3.63) is 29.8 Å². The van der Waals surface area contributed by atoms with Gasteiger partial charge in [0.05, 0.1) is 0 Å². The van der Waals surface area contributed by atoms with Gasteiger partial charge in [-0.1, -0.05) is 12.1 Å². The molecule has 1 aromatic carbocycles. The van der Waals surface area contributed by atoms with Gasteiger partial charge in [0.25, 0.3) is 0 Å². The summed E-state index contributed by atoms with van der Waals surface area (Å²) in [6.07, 6.45) is 2.44. The first kappa shape index (κ1) is 18.1. The van der Waals surface area contributed by atoms with E-state index in [1.54, 1.807) is 0 Å². The molecule has 5 heteroatoms. The second-order valence-electron chi connectivity index (χ2n) is 7.63. The van der Waals surface area contributed by atoms with Gasteiger partial charge in [0.2, 0.25) is 0 Å². The van der Waals surface area contributed by atoms with Crippen molar-refractivity contribution in [2.75, 3.05) is 44.2 Å². The van der Waals surface area contributed by atoms with E-state index in [4.69, 9.17) is 0 Å². The molecule has 2 aliphatic rings. The van der Waals surface area contributed by atoms with Crippen molar-refractivity contribution in [2.24, 2.45) is 0 Å². The molecule has 0 spiro atoms. The number of nitrogens with zero attached hydrogens (tertiary/aromatic N) is 3. The molecule has 1 N–H and O–H groups in total. The fraction of sp³-hybridized carbons (Fsp3) is 0.650. The second-order valence-corrected chi connectivity index (χ2v) is 7.63. The molecular weight excluding hydrogens is 312 g/mol. The fourth-order valence-electron chi connectivity index (χ4n) is 4.07. The average molecular weight is 345 g/mol. The van der Waals surface area contributed by atoms with Crippen molar-refractivity contribution in [2.45, 2.75) is 45.7 Å². The van der Waals surface area contributed by atoms with Gasteiger partial charge < -0.3 is 15.1 Å². The number of carbonyl (C=O) groups is 1. The smallest absolute Gasteiger partial charge is 0.317 e. The Balaban J connectivity index is 1.45. The van der Waals surface area contributed by atoms with Crippen molar-refractivity contribution < 1.29 is 4.79 Å². The van der Waals surface area contributed by atoms with Gasteiger partial charge in [-0.05, 0) is 57.9 Å². The number of piperazine rings is 1. The summed E-state index contributed by atoms with van der Waals surface area (Å²) in [5, 5.41) is 3.17. The van der Waals surface area contributed by atoms with Gasteiger partial charge in [-0.25, -0.2) is 4.79 Å². The van der Waals surface area contributed by atoms with Crippen LogP contribution in [0.25, 0.3) is 0 Å². The Labute approximate surface area is 152 Å². The van der Waals surface area contributed by atoms with Crippen LogP contribution in [0.15, 0.2) is 24.3 Å². The van der Waals surface area contributed by atoms with Crippen molar-refractivity contribution in [3.8, 4) is 0 Å². The summed E-state index contributed by atoms with van der Waals surface area (Å²) < 4.78 is 0. The van der Waals surface area contributed by atoms with Crippen LogP contribution in [-0.4, -0.2) is 67.2 Å². The first-order valence-corrected chi connectivity index (χ1v) is 9.64. The lowest BCUT2D eigenvalue weighted by Gasteiger charge is -2.36. The molecule has 0 aromatic heterocycles. The molecule has 0 saturated carbocycles. The molecule has 2 aliphatic heterocycles. The van der Waals surface area contributed by atoms with Crippen LogP contribution in [0.1, 0.15) is 32.3 Å². The van der Waals surface area contributed by atoms with E-state index in [0.29, 0.717) is 12.1 Å². The van der Waals surface area contributed by atoms with Gasteiger partial charge in [-0.3, -0.25) is 4.90 Å². The molecule has 0 unspecified atom stereocenters. The van der Waals surface area contributed by atoms with Crippen LogP contribution in [0, 0.1) is 6.92 Å². The van der Waals surface area contributed by atoms with E-state index in [9.17, 15) is 4.79 Å². The number of nitrogens with one attached hydrogen (secondary N) is 1. The van der Waals surface area contributed by atoms with Crippen LogP contribution in [0.2, 0.25) is 0 Å². The number of rotatable bonds is 4. The van der Waals surface area contributed by atoms with Gasteiger partial charge in [-0.15, -0.1) is 0 Å². The summed E-state index contributed by atoms with van der Waals surface area (Å²) in [4.78, 5) is 19.3. The van der Waals surface area contributed by atoms with Crippen LogP contribution in [-0.2, 0) is 0 Å². The molecule has 2 saturated heterocycles. The zero-order chi connectivity index (χ0) is 17.8. The first-order chi connectivity index (χ1) is 12.0. The number of urea groups is 1. The molecule has 0 bridgehead atoms. The number of hydrogen-bond donors (Lipinski definition) is 1. The average Bonchev–Trinajstić information content (AvgIpc) is 3.09. The molecule has 1 atom stereocenters. The Kier molecular flexibility index (Phi) is 5.84. The summed E-state index contributed by atoms with van der Waals surface area (Å²) in [6, 6.07) is 9.75. The topological polar surface area (TPSA) is 38.8 Å². The van der Waals surface area contributed by atoms with Gasteiger partial charge >= 0.3 is 6.03 Å². The predicted molar refractivity (Wildman–Crippen MR) is 103 cm³/mol. The highest BCUT2D eigenvalue weighted by atomic mass is 16.2. The molecule has 2 fully saturated rings. The van der Waals surface area contributed by atoms with Crippen molar-refractivity contribution >= 4 is 11.7 Å². The third-order valence-electron chi connectivity index (χ3n) is 5.51. The molecular formula is C20H32N4O. The fourth-order valence-corrected chi connectivity index (χ4v) is 4.07. The molecule has 3 rings (SSSR count). The van der Waals surface area contributed by atoms with E-state index < -0.39 is 0 Å². The lowest BCUT2D eigenvalue weighted by Crippen LogP contribution is -2.53. The highest BCUT2D eigenvalue weighted by Crippen LogP contribution is 2.20. The number of aryl methyl sites for hydroxylation is 1. The number of likely N-dealkylation sites (tertiary alicyclic amines) is 1. The summed E-state index contributed by atoms with van der Waals surface area (Å²) in [6.45, 7) is 11.9. The Bertz CT molecular complexity index is 581. The van der Waals surface area contributed by atoms with E-state index in [-0.39, 0.29) is 6.03 Å². The molecule has 5 nitrogen and oxygen atoms in total. The second kappa shape index (κ2) is 8.09. The maximum absolute atomic E-state index is 12.5. The number of amides is 2. The molecule has 0 aliphatic carbocycles. The molecule has 0 radical (unpaired) electrons. The molecule has 1 aromatic rings.